The summed E-state index contributed by atoms with van der Waals surface area (Å²) in [6, 6.07) is 0. The molecule has 2 heterocycles. The predicted octanol–water partition coefficient (Wildman–Crippen LogP) is 1.20. The second kappa shape index (κ2) is 11.0. The van der Waals surface area contributed by atoms with Gasteiger partial charge in [-0.3, -0.25) is 19.2 Å². The summed E-state index contributed by atoms with van der Waals surface area (Å²) in [5.41, 5.74) is -6.02. The van der Waals surface area contributed by atoms with Gasteiger partial charge < -0.3 is 43.7 Å². The van der Waals surface area contributed by atoms with Gasteiger partial charge in [-0.15, -0.1) is 0 Å². The van der Waals surface area contributed by atoms with Crippen LogP contribution in [0.1, 0.15) is 68.7 Å². The van der Waals surface area contributed by atoms with E-state index >= 15 is 0 Å². The van der Waals surface area contributed by atoms with E-state index in [1.54, 1.807) is 13.0 Å². The van der Waals surface area contributed by atoms with Crippen LogP contribution in [-0.2, 0) is 52.4 Å². The van der Waals surface area contributed by atoms with Gasteiger partial charge in [0, 0.05) is 68.1 Å². The minimum atomic E-state index is -2.07. The van der Waals surface area contributed by atoms with Crippen LogP contribution in [0.25, 0.3) is 0 Å². The molecule has 0 radical (unpaired) electrons. The average Bonchev–Trinajstić information content (AvgIpc) is 3.68. The Morgan fingerprint density at radius 1 is 0.760 bits per heavy atom. The zero-order valence-electron chi connectivity index (χ0n) is 29.8. The highest BCUT2D eigenvalue weighted by Gasteiger charge is 2.83. The molecular weight excluding hydrogens is 656 g/mol. The molecule has 14 nitrogen and oxygen atoms in total. The van der Waals surface area contributed by atoms with E-state index in [0.717, 1.165) is 0 Å². The van der Waals surface area contributed by atoms with E-state index in [0.29, 0.717) is 6.42 Å². The number of aliphatic hydroxyl groups excluding tert-OH is 2. The monoisotopic (exact) mass is 704 g/mol. The summed E-state index contributed by atoms with van der Waals surface area (Å²) in [6.45, 7) is 13.5. The Morgan fingerprint density at radius 3 is 1.90 bits per heavy atom. The molecule has 3 N–H and O–H groups in total. The van der Waals surface area contributed by atoms with Crippen LogP contribution in [0.3, 0.4) is 0 Å². The maximum atomic E-state index is 13.2. The van der Waals surface area contributed by atoms with Crippen molar-refractivity contribution in [3.05, 3.63) is 11.8 Å². The summed E-state index contributed by atoms with van der Waals surface area (Å²) >= 11 is 0. The molecular formula is C36H48O14. The van der Waals surface area contributed by atoms with Gasteiger partial charge in [0.2, 0.25) is 0 Å². The highest BCUT2D eigenvalue weighted by atomic mass is 16.6. The van der Waals surface area contributed by atoms with Crippen molar-refractivity contribution in [3.63, 3.8) is 0 Å². The van der Waals surface area contributed by atoms with Crippen molar-refractivity contribution < 1.29 is 67.7 Å². The first-order valence-electron chi connectivity index (χ1n) is 17.5. The molecule has 5 aliphatic carbocycles. The first-order chi connectivity index (χ1) is 23.1. The van der Waals surface area contributed by atoms with Crippen LogP contribution in [0.5, 0.6) is 0 Å². The summed E-state index contributed by atoms with van der Waals surface area (Å²) in [5.74, 6) is -8.82. The number of carbonyl (C=O) groups excluding carboxylic acids is 5. The highest BCUT2D eigenvalue weighted by molar-refractivity contribution is 5.85. The average molecular weight is 705 g/mol. The van der Waals surface area contributed by atoms with E-state index < -0.39 is 136 Å². The van der Waals surface area contributed by atoms with Crippen LogP contribution < -0.4 is 0 Å². The molecule has 0 amide bonds. The molecule has 50 heavy (non-hydrogen) atoms. The Kier molecular flexibility index (Phi) is 7.75. The van der Waals surface area contributed by atoms with E-state index in [2.05, 4.69) is 0 Å². The SMILES string of the molecule is CC(=O)O[C@@H]1[C@H](O)[C@H]2[C@@H]3[C@@H](O)[C@@H]4[C@H]([C@H](C)C=C5OC(=O)[C@@](C)(O)[C@@]54C)[C@@]3(C)[C@@H](OC(C)=O)[C@@H](OC(C)=O)[C@@H]2[C@]2(C)[C@@H]1C[C@@H]1O[C@@H]1[C@@H]2OC(C)=O. The van der Waals surface area contributed by atoms with E-state index in [-0.39, 0.29) is 11.9 Å². The molecule has 0 bridgehead atoms. The zero-order valence-corrected chi connectivity index (χ0v) is 29.8. The lowest BCUT2D eigenvalue weighted by Crippen LogP contribution is -2.75. The van der Waals surface area contributed by atoms with Crippen LogP contribution in [0.2, 0.25) is 0 Å². The van der Waals surface area contributed by atoms with Gasteiger partial charge in [0.15, 0.2) is 5.60 Å². The molecule has 276 valence electrons. The molecule has 7 rings (SSSR count). The van der Waals surface area contributed by atoms with Crippen LogP contribution in [0, 0.1) is 57.7 Å². The largest absolute Gasteiger partial charge is 0.459 e. The number of epoxide rings is 1. The van der Waals surface area contributed by atoms with Crippen LogP contribution in [0.4, 0.5) is 0 Å². The lowest BCUT2D eigenvalue weighted by molar-refractivity contribution is -0.301. The summed E-state index contributed by atoms with van der Waals surface area (Å²) < 4.78 is 36.0. The number of allylic oxidation sites excluding steroid dienone is 1. The van der Waals surface area contributed by atoms with Crippen molar-refractivity contribution in [1.29, 1.82) is 0 Å². The fourth-order valence-electron chi connectivity index (χ4n) is 12.5. The first-order valence-corrected chi connectivity index (χ1v) is 17.5. The molecule has 0 aromatic heterocycles. The third-order valence-electron chi connectivity index (χ3n) is 14.3. The Balaban J connectivity index is 1.51. The molecule has 6 fully saturated rings. The summed E-state index contributed by atoms with van der Waals surface area (Å²) in [5, 5.41) is 37.2. The standard InChI is InChI=1S/C36H48O14/c1-12-10-19-35(8,36(9,44)32(43)50-19)24-21(12)34(7)22(26(24)42)20-23(29(46-14(3)38)31(34)48-16(5)40)33(6)17(27(25(20)41)45-13(2)37)11-18-28(49-18)30(33)47-15(4)39/h10,12,17-18,20-31,41-42,44H,11H2,1-9H3/t12-,17-,18+,20+,21+,22-,23-,24+,25-,26-,27+,28+,29+,30+,31+,33+,34-,35+,36-/m1/s1. The maximum absolute atomic E-state index is 13.2. The minimum absolute atomic E-state index is 0.216. The Labute approximate surface area is 290 Å². The molecule has 2 saturated heterocycles. The van der Waals surface area contributed by atoms with Gasteiger partial charge in [0.1, 0.15) is 36.3 Å². The van der Waals surface area contributed by atoms with E-state index in [1.807, 2.05) is 20.8 Å². The molecule has 0 unspecified atom stereocenters. The van der Waals surface area contributed by atoms with Gasteiger partial charge in [0.05, 0.1) is 23.7 Å². The number of fused-ring (bicyclic) bond motifs is 10. The minimum Gasteiger partial charge on any atom is -0.459 e. The predicted molar refractivity (Wildman–Crippen MR) is 167 cm³/mol. The van der Waals surface area contributed by atoms with Gasteiger partial charge in [0.25, 0.3) is 0 Å². The van der Waals surface area contributed by atoms with E-state index in [4.69, 9.17) is 28.4 Å². The Hall–Kier alpha value is -3.07. The second-order valence-electron chi connectivity index (χ2n) is 16.6. The van der Waals surface area contributed by atoms with Gasteiger partial charge in [-0.2, -0.15) is 0 Å². The number of hydrogen-bond acceptors (Lipinski definition) is 14. The summed E-state index contributed by atoms with van der Waals surface area (Å²) in [6.07, 6.45) is -6.17. The third kappa shape index (κ3) is 4.30. The number of hydrogen-bond donors (Lipinski definition) is 3. The summed E-state index contributed by atoms with van der Waals surface area (Å²) in [7, 11) is 0. The number of rotatable bonds is 4. The lowest BCUT2D eigenvalue weighted by Gasteiger charge is -2.67. The smallest absolute Gasteiger partial charge is 0.343 e. The maximum Gasteiger partial charge on any atom is 0.343 e. The van der Waals surface area contributed by atoms with Crippen LogP contribution in [-0.4, -0.2) is 99.6 Å². The molecule has 14 heteroatoms. The summed E-state index contributed by atoms with van der Waals surface area (Å²) in [4.78, 5) is 64.7. The molecule has 4 saturated carbocycles. The molecule has 2 aliphatic heterocycles. The van der Waals surface area contributed by atoms with Crippen molar-refractivity contribution in [1.82, 2.24) is 0 Å². The van der Waals surface area contributed by atoms with Crippen molar-refractivity contribution in [3.8, 4) is 0 Å². The van der Waals surface area contributed by atoms with Crippen molar-refractivity contribution in [2.45, 2.75) is 123 Å². The number of esters is 5. The molecule has 0 spiro atoms. The zero-order chi connectivity index (χ0) is 36.8. The van der Waals surface area contributed by atoms with Crippen molar-refractivity contribution in [2.75, 3.05) is 0 Å². The Morgan fingerprint density at radius 2 is 1.32 bits per heavy atom. The molecule has 0 aromatic rings. The second-order valence-corrected chi connectivity index (χ2v) is 16.6. The topological polar surface area (TPSA) is 205 Å². The fourth-order valence-corrected chi connectivity index (χ4v) is 12.5. The van der Waals surface area contributed by atoms with Gasteiger partial charge >= 0.3 is 29.8 Å². The first kappa shape index (κ1) is 35.3. The van der Waals surface area contributed by atoms with Crippen LogP contribution >= 0.6 is 0 Å². The van der Waals surface area contributed by atoms with Crippen molar-refractivity contribution >= 4 is 29.8 Å². The normalized spacial score (nSPS) is 53.8. The van der Waals surface area contributed by atoms with Crippen molar-refractivity contribution in [2.24, 2.45) is 57.7 Å². The van der Waals surface area contributed by atoms with E-state index in [9.17, 15) is 39.3 Å². The van der Waals surface area contributed by atoms with Gasteiger partial charge in [-0.1, -0.05) is 20.8 Å². The quantitative estimate of drug-likeness (QED) is 0.214. The number of carbonyl (C=O) groups is 5. The highest BCUT2D eigenvalue weighted by Crippen LogP contribution is 2.76. The van der Waals surface area contributed by atoms with Gasteiger partial charge in [-0.05, 0) is 38.2 Å². The molecule has 19 atom stereocenters. The molecule has 0 aromatic carbocycles. The molecule has 7 aliphatic rings. The van der Waals surface area contributed by atoms with Crippen LogP contribution in [0.15, 0.2) is 11.8 Å². The lowest BCUT2D eigenvalue weighted by atomic mass is 9.40. The van der Waals surface area contributed by atoms with E-state index in [1.165, 1.54) is 34.6 Å². The van der Waals surface area contributed by atoms with Gasteiger partial charge in [-0.25, -0.2) is 4.79 Å². The fraction of sp³-hybridized carbons (Fsp3) is 0.806. The third-order valence-corrected chi connectivity index (χ3v) is 14.3. The Bertz CT molecular complexity index is 1570. The number of aliphatic hydroxyl groups is 3. The number of ether oxygens (including phenoxy) is 6.